The average molecular weight is 2080 g/mol. The first kappa shape index (κ1) is 137. The molecule has 3 aromatic heterocycles. The van der Waals surface area contributed by atoms with Crippen molar-refractivity contribution in [1.29, 1.82) is 0 Å². The standard InChI is InChI=1S/C15H24.C14H20.C14H22.C12H17FO2S.C12H17FO.C12H18.C11H14Cl2.C10H20N2.3C9H14N2.2C2H6/c1-14(2,3)11-12-7-9-13(10-8-12)15(4,5)6;1-14(2,3)13-10-6-8-11-7-4-5-9-12(11)13;1-11(2)13-8-6-12(7-9-13)10-14(3,4)5;1-12(2,3)8-9-5-6-11(10(13)7-9)16(4,14)15;1-12(2,3)8-9-5-6-11(14-4)10(13)7-9;1-10-5-7-11(8-6-10)9-12(2,3)4;1-11(2,3)7-8-9(12)5-4-6-10(8)13;1-2-4-10(5-3-1)12-8-6-11-7-9-12;1-9(2,10)7-8-3-5-11-6-4-8;1-9(2,10)6-8-4-3-5-11-7-8;1-9(2,10)7-8-5-3-4-6-11-8;2*1-2/h7-10H,11H2,1-6H3;4-5,7,9,13H,6,8,10H2,1-3H3;6-9,11H,10H2,1-5H3;5-7H,8H2,1-4H3;5-7H,8H2,1-4H3;5-8H,9H2,1-4H3;4-6H,7H2,1-3H3;10-11H,1-9H2;3-6H,7,10H2,1-2H3;3-5,7H,6,10H2,1-2H3;3-6H,7,10H2,1-2H3;2*1-2H3. The first-order valence-corrected chi connectivity index (χ1v) is 56.9. The van der Waals surface area contributed by atoms with Crippen LogP contribution in [0.1, 0.15) is 384 Å². The minimum Gasteiger partial charge on any atom is -0.494 e. The van der Waals surface area contributed by atoms with Crippen LogP contribution in [0.15, 0.2) is 230 Å². The number of aromatic nitrogens is 3. The molecule has 2 aliphatic carbocycles. The second kappa shape index (κ2) is 65.4. The normalized spacial score (nSPS) is 14.1. The molecule has 1 aliphatic heterocycles. The van der Waals surface area contributed by atoms with E-state index in [2.05, 4.69) is 309 Å². The minimum absolute atomic E-state index is 0.0546. The van der Waals surface area contributed by atoms with Crippen molar-refractivity contribution in [3.63, 3.8) is 0 Å². The van der Waals surface area contributed by atoms with Crippen molar-refractivity contribution >= 4 is 33.0 Å². The zero-order chi connectivity index (χ0) is 112. The molecule has 1 saturated carbocycles. The summed E-state index contributed by atoms with van der Waals surface area (Å²) in [6.45, 7) is 85.1. The lowest BCUT2D eigenvalue weighted by atomic mass is 9.69. The maximum absolute atomic E-state index is 13.5. The summed E-state index contributed by atoms with van der Waals surface area (Å²) in [6, 6.07) is 65.8. The van der Waals surface area contributed by atoms with Gasteiger partial charge < -0.3 is 27.3 Å². The van der Waals surface area contributed by atoms with E-state index in [1.165, 1.54) is 141 Å². The number of nitrogens with zero attached hydrogens (tertiary/aromatic N) is 4. The molecule has 1 unspecified atom stereocenters. The molecule has 822 valence electrons. The van der Waals surface area contributed by atoms with Gasteiger partial charge in [0.25, 0.3) is 0 Å². The lowest BCUT2D eigenvalue weighted by molar-refractivity contribution is 0.139. The van der Waals surface area contributed by atoms with Crippen molar-refractivity contribution in [1.82, 2.24) is 25.2 Å². The van der Waals surface area contributed by atoms with Gasteiger partial charge in [-0.25, -0.2) is 17.2 Å². The Bertz CT molecular complexity index is 5140. The van der Waals surface area contributed by atoms with Gasteiger partial charge in [-0.2, -0.15) is 0 Å². The molecule has 16 heteroatoms. The fourth-order valence-electron chi connectivity index (χ4n) is 17.1. The third kappa shape index (κ3) is 66.4. The summed E-state index contributed by atoms with van der Waals surface area (Å²) in [5.41, 5.74) is 37.5. The monoisotopic (exact) mass is 2080 g/mol. The van der Waals surface area contributed by atoms with Crippen LogP contribution in [-0.2, 0) is 79.5 Å². The van der Waals surface area contributed by atoms with Crippen LogP contribution >= 0.6 is 23.2 Å². The molecule has 11 nitrogen and oxygen atoms in total. The number of piperazine rings is 1. The number of benzene rings is 7. The van der Waals surface area contributed by atoms with Gasteiger partial charge in [0.2, 0.25) is 0 Å². The van der Waals surface area contributed by atoms with Crippen molar-refractivity contribution < 1.29 is 21.9 Å². The highest BCUT2D eigenvalue weighted by Crippen LogP contribution is 2.44. The van der Waals surface area contributed by atoms with Gasteiger partial charge in [-0.3, -0.25) is 19.9 Å². The summed E-state index contributed by atoms with van der Waals surface area (Å²) in [6.07, 6.45) is 29.9. The smallest absolute Gasteiger partial charge is 0.178 e. The number of methoxy groups -OCH3 is 1. The van der Waals surface area contributed by atoms with Crippen LogP contribution in [0.5, 0.6) is 5.75 Å². The van der Waals surface area contributed by atoms with Crippen molar-refractivity contribution in [2.45, 2.75) is 410 Å². The zero-order valence-electron chi connectivity index (χ0n) is 99.6. The van der Waals surface area contributed by atoms with Crippen LogP contribution in [0.3, 0.4) is 0 Å². The van der Waals surface area contributed by atoms with Gasteiger partial charge in [0.05, 0.1) is 7.11 Å². The van der Waals surface area contributed by atoms with E-state index in [0.29, 0.717) is 39.7 Å². The molecule has 3 aliphatic rings. The van der Waals surface area contributed by atoms with Crippen LogP contribution in [0.2, 0.25) is 10.0 Å². The third-order valence-corrected chi connectivity index (χ3v) is 25.3. The van der Waals surface area contributed by atoms with Crippen LogP contribution < -0.4 is 27.3 Å². The number of aryl methyl sites for hydroxylation is 2. The fraction of sp³-hybridized carbons (Fsp3) is 0.565. The lowest BCUT2D eigenvalue weighted by Gasteiger charge is -2.36. The van der Waals surface area contributed by atoms with Crippen LogP contribution in [0.4, 0.5) is 8.78 Å². The maximum atomic E-state index is 13.5. The van der Waals surface area contributed by atoms with E-state index < -0.39 is 15.7 Å². The predicted octanol–water partition coefficient (Wildman–Crippen LogP) is 34.9. The Morgan fingerprint density at radius 3 is 1.25 bits per heavy atom. The number of sulfone groups is 1. The van der Waals surface area contributed by atoms with Crippen molar-refractivity contribution in [2.75, 3.05) is 39.5 Å². The molecule has 10 aromatic rings. The average Bonchev–Trinajstić information content (AvgIpc) is 0.804. The summed E-state index contributed by atoms with van der Waals surface area (Å²) in [4.78, 5) is 14.6. The molecule has 4 heterocycles. The molecule has 0 radical (unpaired) electrons. The van der Waals surface area contributed by atoms with Gasteiger partial charge >= 0.3 is 0 Å². The molecular formula is C131H206Cl2F2N8O3S. The molecule has 1 atom stereocenters. The van der Waals surface area contributed by atoms with E-state index in [1.807, 2.05) is 142 Å². The fourth-order valence-corrected chi connectivity index (χ4v) is 18.3. The molecule has 7 N–H and O–H groups in total. The maximum Gasteiger partial charge on any atom is 0.178 e. The van der Waals surface area contributed by atoms with Crippen molar-refractivity contribution in [2.24, 2.45) is 55.1 Å². The Morgan fingerprint density at radius 2 is 0.850 bits per heavy atom. The van der Waals surface area contributed by atoms with Crippen molar-refractivity contribution in [3.05, 3.63) is 325 Å². The quantitative estimate of drug-likeness (QED) is 0.0724. The zero-order valence-corrected chi connectivity index (χ0v) is 102. The van der Waals surface area contributed by atoms with Crippen LogP contribution in [0.25, 0.3) is 0 Å². The number of hydrogen-bond donors (Lipinski definition) is 4. The van der Waals surface area contributed by atoms with Gasteiger partial charge in [0, 0.05) is 108 Å². The van der Waals surface area contributed by atoms with Gasteiger partial charge in [-0.05, 0) is 321 Å². The Labute approximate surface area is 909 Å². The highest BCUT2D eigenvalue weighted by Gasteiger charge is 2.31. The van der Waals surface area contributed by atoms with Gasteiger partial charge in [0.1, 0.15) is 10.7 Å². The molecule has 0 amide bonds. The number of rotatable bonds is 16. The number of ether oxygens (including phenoxy) is 1. The number of hydrogen-bond acceptors (Lipinski definition) is 11. The van der Waals surface area contributed by atoms with Gasteiger partial charge in [0.15, 0.2) is 21.4 Å². The second-order valence-electron chi connectivity index (χ2n) is 51.6. The Hall–Kier alpha value is -8.02. The van der Waals surface area contributed by atoms with Crippen LogP contribution in [0, 0.1) is 56.5 Å². The lowest BCUT2D eigenvalue weighted by Crippen LogP contribution is -2.48. The Morgan fingerprint density at radius 1 is 0.429 bits per heavy atom. The van der Waals surface area contributed by atoms with Gasteiger partial charge in [-0.15, -0.1) is 0 Å². The number of fused-ring (bicyclic) bond motifs is 1. The highest BCUT2D eigenvalue weighted by atomic mass is 35.5. The number of pyridine rings is 3. The number of halogens is 4. The van der Waals surface area contributed by atoms with Crippen LogP contribution in [-0.4, -0.2) is 90.5 Å². The van der Waals surface area contributed by atoms with E-state index in [0.717, 1.165) is 102 Å². The Kier molecular flexibility index (Phi) is 60.9. The molecule has 147 heavy (non-hydrogen) atoms. The minimum atomic E-state index is -3.47. The SMILES string of the molecule is C1CCC(N2CCNCC2)CC1.CC.CC.CC(C)(C)C1CCCc2ccccc21.CC(C)(C)Cc1c(Cl)cccc1Cl.CC(C)(C)Cc1ccc(C(C)(C)C)cc1.CC(C)(C)Cc1ccc(S(C)(=O)=O)c(F)c1.CC(C)(N)Cc1ccccn1.CC(C)(N)Cc1cccnc1.CC(C)(N)Cc1ccncc1.CC(C)c1ccc(CC(C)(C)C)cc1.COc1ccc(CC(C)(C)C)cc1F.Cc1ccc(CC(C)(C)C)cc1. The van der Waals surface area contributed by atoms with E-state index in [4.69, 9.17) is 45.1 Å². The Balaban J connectivity index is 0.000000807. The largest absolute Gasteiger partial charge is 0.494 e. The highest BCUT2D eigenvalue weighted by molar-refractivity contribution is 7.90. The topological polar surface area (TPSA) is 175 Å². The molecule has 7 aromatic carbocycles. The number of nitrogens with two attached hydrogens (primary N) is 3. The summed E-state index contributed by atoms with van der Waals surface area (Å²) in [5.74, 6) is 0.757. The summed E-state index contributed by atoms with van der Waals surface area (Å²) < 4.78 is 54.1. The second-order valence-corrected chi connectivity index (χ2v) is 54.4. The number of nitrogens with one attached hydrogen (secondary N) is 1. The molecule has 0 bridgehead atoms. The molecule has 0 spiro atoms. The van der Waals surface area contributed by atoms with Gasteiger partial charge in [-0.1, -0.05) is 383 Å². The summed E-state index contributed by atoms with van der Waals surface area (Å²) in [7, 11) is -1.99. The molecular weight excluding hydrogens is 1870 g/mol. The van der Waals surface area contributed by atoms with E-state index in [1.54, 1.807) is 54.1 Å². The van der Waals surface area contributed by atoms with E-state index in [-0.39, 0.29) is 49.0 Å². The first-order valence-electron chi connectivity index (χ1n) is 54.3. The first-order chi connectivity index (χ1) is 67.7. The molecule has 13 rings (SSSR count). The van der Waals surface area contributed by atoms with E-state index >= 15 is 0 Å². The van der Waals surface area contributed by atoms with E-state index in [9.17, 15) is 17.2 Å². The van der Waals surface area contributed by atoms with Crippen molar-refractivity contribution in [3.8, 4) is 5.75 Å². The third-order valence-electron chi connectivity index (χ3n) is 23.5. The predicted molar refractivity (Wildman–Crippen MR) is 639 cm³/mol. The summed E-state index contributed by atoms with van der Waals surface area (Å²) in [5, 5.41) is 4.94. The molecule has 2 fully saturated rings. The summed E-state index contributed by atoms with van der Waals surface area (Å²) >= 11 is 12.1. The molecule has 1 saturated heterocycles.